The van der Waals surface area contributed by atoms with Crippen LogP contribution in [0.5, 0.6) is 5.88 Å². The predicted molar refractivity (Wildman–Crippen MR) is 99.1 cm³/mol. The zero-order chi connectivity index (χ0) is 21.6. The van der Waals surface area contributed by atoms with Crippen molar-refractivity contribution in [2.45, 2.75) is 12.8 Å². The molecule has 1 heterocycles. The fourth-order valence-electron chi connectivity index (χ4n) is 2.34. The summed E-state index contributed by atoms with van der Waals surface area (Å²) < 4.78 is 54.6. The first kappa shape index (κ1) is 22.0. The average Bonchev–Trinajstić information content (AvgIpc) is 2.69. The van der Waals surface area contributed by atoms with Crippen LogP contribution in [0.4, 0.5) is 19.1 Å². The quantitative estimate of drug-likeness (QED) is 0.393. The first-order valence-corrected chi connectivity index (χ1v) is 8.33. The summed E-state index contributed by atoms with van der Waals surface area (Å²) in [5.41, 5.74) is 0.00905. The summed E-state index contributed by atoms with van der Waals surface area (Å²) >= 11 is 0. The highest BCUT2D eigenvalue weighted by Crippen LogP contribution is 2.31. The molecule has 0 saturated heterocycles. The lowest BCUT2D eigenvalue weighted by atomic mass is 10.0. The van der Waals surface area contributed by atoms with Gasteiger partial charge in [0, 0.05) is 20.2 Å². The van der Waals surface area contributed by atoms with Gasteiger partial charge in [-0.1, -0.05) is 24.3 Å². The number of methoxy groups -OCH3 is 2. The second-order valence-electron chi connectivity index (χ2n) is 5.99. The Morgan fingerprint density at radius 1 is 1.17 bits per heavy atom. The highest BCUT2D eigenvalue weighted by atomic mass is 19.4. The molecule has 156 valence electrons. The third-order valence-corrected chi connectivity index (χ3v) is 3.71. The fourth-order valence-corrected chi connectivity index (χ4v) is 2.34. The van der Waals surface area contributed by atoms with Gasteiger partial charge >= 0.3 is 12.1 Å². The Morgan fingerprint density at radius 2 is 1.86 bits per heavy atom. The number of rotatable bonds is 7. The summed E-state index contributed by atoms with van der Waals surface area (Å²) in [7, 11) is 5.65. The molecular formula is C19H20F3N3O4. The minimum atomic E-state index is -4.65. The normalized spacial score (nSPS) is 11.8. The molecule has 10 heteroatoms. The molecule has 0 aliphatic rings. The summed E-state index contributed by atoms with van der Waals surface area (Å²) in [6.07, 6.45) is -3.43. The van der Waals surface area contributed by atoms with Gasteiger partial charge in [-0.2, -0.15) is 18.2 Å². The van der Waals surface area contributed by atoms with Gasteiger partial charge in [0.25, 0.3) is 0 Å². The minimum Gasteiger partial charge on any atom is -0.503 e. The standard InChI is InChI=1S/C19H20F3N3O4/c1-25(2)18-23-15(19(20,21)22)9-16(24-18)29-10-12-7-5-6-8-13(12)14(11-27-3)17(26)28-4/h5-9,11H,10H2,1-4H3/b14-11+. The zero-order valence-corrected chi connectivity index (χ0v) is 16.3. The molecule has 0 spiro atoms. The van der Waals surface area contributed by atoms with Crippen molar-refractivity contribution in [1.82, 2.24) is 9.97 Å². The molecule has 2 rings (SSSR count). The van der Waals surface area contributed by atoms with E-state index in [1.165, 1.54) is 39.5 Å². The van der Waals surface area contributed by atoms with Crippen molar-refractivity contribution in [1.29, 1.82) is 0 Å². The van der Waals surface area contributed by atoms with Gasteiger partial charge < -0.3 is 19.1 Å². The molecule has 1 aromatic heterocycles. The third kappa shape index (κ3) is 5.59. The van der Waals surface area contributed by atoms with Gasteiger partial charge in [0.05, 0.1) is 20.5 Å². The fraction of sp³-hybridized carbons (Fsp3) is 0.316. The van der Waals surface area contributed by atoms with Gasteiger partial charge in [-0.15, -0.1) is 0 Å². The number of carbonyl (C=O) groups is 1. The molecule has 0 aliphatic carbocycles. The van der Waals surface area contributed by atoms with Crippen LogP contribution in [0.3, 0.4) is 0 Å². The predicted octanol–water partition coefficient (Wildman–Crippen LogP) is 3.30. The second-order valence-corrected chi connectivity index (χ2v) is 5.99. The van der Waals surface area contributed by atoms with Gasteiger partial charge in [0.2, 0.25) is 11.8 Å². The Labute approximate surface area is 165 Å². The first-order valence-electron chi connectivity index (χ1n) is 8.33. The van der Waals surface area contributed by atoms with Crippen LogP contribution in [0, 0.1) is 0 Å². The van der Waals surface area contributed by atoms with Crippen molar-refractivity contribution in [3.8, 4) is 5.88 Å². The maximum absolute atomic E-state index is 13.1. The third-order valence-electron chi connectivity index (χ3n) is 3.71. The molecular weight excluding hydrogens is 391 g/mol. The molecule has 0 bridgehead atoms. The molecule has 2 aromatic rings. The number of carbonyl (C=O) groups excluding carboxylic acids is 1. The van der Waals surface area contributed by atoms with Crippen LogP contribution in [-0.2, 0) is 27.1 Å². The molecule has 7 nitrogen and oxygen atoms in total. The number of halogens is 3. The topological polar surface area (TPSA) is 73.8 Å². The molecule has 0 atom stereocenters. The van der Waals surface area contributed by atoms with E-state index in [1.54, 1.807) is 24.3 Å². The first-order chi connectivity index (χ1) is 13.7. The van der Waals surface area contributed by atoms with Crippen LogP contribution in [-0.4, -0.2) is 44.3 Å². The molecule has 0 radical (unpaired) electrons. The summed E-state index contributed by atoms with van der Waals surface area (Å²) in [5.74, 6) is -1.02. The van der Waals surface area contributed by atoms with Gasteiger partial charge in [0.1, 0.15) is 12.2 Å². The SMILES string of the molecule is CO/C=C(/C(=O)OC)c1ccccc1COc1cc(C(F)(F)F)nc(N(C)C)n1. The summed E-state index contributed by atoms with van der Waals surface area (Å²) in [6.45, 7) is -0.143. The number of esters is 1. The molecule has 0 N–H and O–H groups in total. The van der Waals surface area contributed by atoms with Crippen LogP contribution in [0.1, 0.15) is 16.8 Å². The van der Waals surface area contributed by atoms with Crippen molar-refractivity contribution < 1.29 is 32.2 Å². The van der Waals surface area contributed by atoms with Crippen LogP contribution in [0.15, 0.2) is 36.6 Å². The maximum atomic E-state index is 13.1. The van der Waals surface area contributed by atoms with Crippen molar-refractivity contribution in [2.75, 3.05) is 33.2 Å². The van der Waals surface area contributed by atoms with E-state index in [4.69, 9.17) is 14.2 Å². The molecule has 0 saturated carbocycles. The second kappa shape index (κ2) is 9.26. The lowest BCUT2D eigenvalue weighted by Crippen LogP contribution is -2.17. The lowest BCUT2D eigenvalue weighted by Gasteiger charge is -2.16. The highest BCUT2D eigenvalue weighted by molar-refractivity contribution is 6.16. The van der Waals surface area contributed by atoms with E-state index in [9.17, 15) is 18.0 Å². The number of hydrogen-bond acceptors (Lipinski definition) is 7. The number of alkyl halides is 3. The maximum Gasteiger partial charge on any atom is 0.433 e. The van der Waals surface area contributed by atoms with E-state index in [1.807, 2.05) is 0 Å². The summed E-state index contributed by atoms with van der Waals surface area (Å²) in [4.78, 5) is 20.9. The number of anilines is 1. The summed E-state index contributed by atoms with van der Waals surface area (Å²) in [5, 5.41) is 0. The number of aromatic nitrogens is 2. The Kier molecular flexibility index (Phi) is 7.03. The van der Waals surface area contributed by atoms with Crippen LogP contribution in [0.25, 0.3) is 5.57 Å². The molecule has 0 aliphatic heterocycles. The Morgan fingerprint density at radius 3 is 2.45 bits per heavy atom. The Balaban J connectivity index is 2.37. The smallest absolute Gasteiger partial charge is 0.433 e. The van der Waals surface area contributed by atoms with E-state index in [2.05, 4.69) is 9.97 Å². The Hall–Kier alpha value is -3.30. The van der Waals surface area contributed by atoms with Crippen molar-refractivity contribution in [3.05, 3.63) is 53.4 Å². The van der Waals surface area contributed by atoms with E-state index >= 15 is 0 Å². The minimum absolute atomic E-state index is 0.141. The van der Waals surface area contributed by atoms with Gasteiger partial charge in [0.15, 0.2) is 5.69 Å². The number of hydrogen-bond donors (Lipinski definition) is 0. The molecule has 0 amide bonds. The number of nitrogens with zero attached hydrogens (tertiary/aromatic N) is 3. The van der Waals surface area contributed by atoms with Crippen molar-refractivity contribution in [3.63, 3.8) is 0 Å². The molecule has 0 fully saturated rings. The van der Waals surface area contributed by atoms with Crippen LogP contribution in [0.2, 0.25) is 0 Å². The lowest BCUT2D eigenvalue weighted by molar-refractivity contribution is -0.141. The summed E-state index contributed by atoms with van der Waals surface area (Å²) in [6, 6.07) is 7.44. The monoisotopic (exact) mass is 411 g/mol. The van der Waals surface area contributed by atoms with Crippen LogP contribution >= 0.6 is 0 Å². The van der Waals surface area contributed by atoms with Gasteiger partial charge in [-0.05, 0) is 11.1 Å². The van der Waals surface area contributed by atoms with Gasteiger partial charge in [-0.3, -0.25) is 0 Å². The number of benzene rings is 1. The van der Waals surface area contributed by atoms with E-state index in [0.29, 0.717) is 11.1 Å². The zero-order valence-electron chi connectivity index (χ0n) is 16.3. The van der Waals surface area contributed by atoms with Crippen molar-refractivity contribution in [2.24, 2.45) is 0 Å². The molecule has 29 heavy (non-hydrogen) atoms. The van der Waals surface area contributed by atoms with Crippen LogP contribution < -0.4 is 9.64 Å². The number of ether oxygens (including phenoxy) is 3. The van der Waals surface area contributed by atoms with E-state index < -0.39 is 17.8 Å². The van der Waals surface area contributed by atoms with E-state index in [0.717, 1.165) is 6.07 Å². The molecule has 0 unspecified atom stereocenters. The van der Waals surface area contributed by atoms with Crippen molar-refractivity contribution >= 4 is 17.5 Å². The highest BCUT2D eigenvalue weighted by Gasteiger charge is 2.34. The largest absolute Gasteiger partial charge is 0.503 e. The molecule has 1 aromatic carbocycles. The van der Waals surface area contributed by atoms with Gasteiger partial charge in [-0.25, -0.2) is 9.78 Å². The average molecular weight is 411 g/mol. The Bertz CT molecular complexity index is 899. The van der Waals surface area contributed by atoms with E-state index in [-0.39, 0.29) is 24.0 Å².